The first-order chi connectivity index (χ1) is 17.1. The molecule has 0 N–H and O–H groups in total. The number of ether oxygens (including phenoxy) is 1. The SMILES string of the molecule is COc1ccc(N2C(=O)[C@H](N3C(=O)c4c(Cl)c(Cl)c(Cl)c(Cl)c4C3=O)[C@H]2c2cccc(Br)c2)cc1Cl. The number of carbonyl (C=O) groups excluding carboxylic acids is 3. The van der Waals surface area contributed by atoms with Crippen LogP contribution >= 0.6 is 73.9 Å². The summed E-state index contributed by atoms with van der Waals surface area (Å²) in [4.78, 5) is 42.9. The van der Waals surface area contributed by atoms with Crippen LogP contribution in [0.2, 0.25) is 25.1 Å². The van der Waals surface area contributed by atoms with Crippen LogP contribution in [0.3, 0.4) is 0 Å². The van der Waals surface area contributed by atoms with Crippen LogP contribution in [-0.2, 0) is 4.79 Å². The number of methoxy groups -OCH3 is 1. The van der Waals surface area contributed by atoms with Crippen molar-refractivity contribution in [3.63, 3.8) is 0 Å². The summed E-state index contributed by atoms with van der Waals surface area (Å²) in [6.07, 6.45) is 0. The van der Waals surface area contributed by atoms with Gasteiger partial charge in [0.15, 0.2) is 0 Å². The molecule has 0 unspecified atom stereocenters. The fourth-order valence-electron chi connectivity index (χ4n) is 4.46. The van der Waals surface area contributed by atoms with Crippen molar-refractivity contribution in [1.82, 2.24) is 4.90 Å². The van der Waals surface area contributed by atoms with Crippen LogP contribution in [0.15, 0.2) is 46.9 Å². The molecule has 5 rings (SSSR count). The molecule has 0 radical (unpaired) electrons. The Balaban J connectivity index is 1.63. The number of hydrogen-bond acceptors (Lipinski definition) is 4. The van der Waals surface area contributed by atoms with E-state index in [9.17, 15) is 14.4 Å². The number of nitrogens with zero attached hydrogens (tertiary/aromatic N) is 2. The van der Waals surface area contributed by atoms with Crippen molar-refractivity contribution in [2.75, 3.05) is 12.0 Å². The van der Waals surface area contributed by atoms with Crippen LogP contribution in [0.4, 0.5) is 5.69 Å². The van der Waals surface area contributed by atoms with Gasteiger partial charge in [0.25, 0.3) is 17.7 Å². The number of anilines is 1. The molecule has 1 saturated heterocycles. The summed E-state index contributed by atoms with van der Waals surface area (Å²) in [6, 6.07) is 10.2. The van der Waals surface area contributed by atoms with Gasteiger partial charge in [0, 0.05) is 10.2 Å². The standard InChI is InChI=1S/C24H12BrCl5N2O4/c1-36-13-6-5-11(8-12(13)26)31-20(9-3-2-4-10(25)7-9)21(24(31)35)32-22(33)14-15(23(32)34)17(28)19(30)18(29)16(14)27/h2-8,20-21H,1H3/t20-,21-/m1/s1. The average Bonchev–Trinajstić information content (AvgIpc) is 3.10. The molecule has 2 heterocycles. The van der Waals surface area contributed by atoms with Gasteiger partial charge in [-0.15, -0.1) is 0 Å². The van der Waals surface area contributed by atoms with E-state index >= 15 is 0 Å². The molecule has 12 heteroatoms. The maximum atomic E-state index is 13.6. The first-order valence-corrected chi connectivity index (χ1v) is 12.9. The zero-order valence-corrected chi connectivity index (χ0v) is 23.4. The van der Waals surface area contributed by atoms with E-state index in [1.165, 1.54) is 12.0 Å². The van der Waals surface area contributed by atoms with Crippen LogP contribution in [-0.4, -0.2) is 35.8 Å². The van der Waals surface area contributed by atoms with Gasteiger partial charge in [0.2, 0.25) is 0 Å². The Morgan fingerprint density at radius 2 is 1.39 bits per heavy atom. The van der Waals surface area contributed by atoms with Gasteiger partial charge in [-0.3, -0.25) is 19.3 Å². The molecule has 0 aromatic heterocycles. The van der Waals surface area contributed by atoms with Gasteiger partial charge in [0.1, 0.15) is 11.8 Å². The van der Waals surface area contributed by atoms with E-state index in [2.05, 4.69) is 15.9 Å². The second kappa shape index (κ2) is 9.39. The monoisotopic (exact) mass is 646 g/mol. The number of fused-ring (bicyclic) bond motifs is 1. The van der Waals surface area contributed by atoms with Gasteiger partial charge in [-0.1, -0.05) is 86.1 Å². The predicted octanol–water partition coefficient (Wildman–Crippen LogP) is 7.48. The third-order valence-corrected chi connectivity index (χ3v) is 8.67. The smallest absolute Gasteiger partial charge is 0.264 e. The van der Waals surface area contributed by atoms with Crippen molar-refractivity contribution >= 4 is 97.3 Å². The zero-order chi connectivity index (χ0) is 26.0. The largest absolute Gasteiger partial charge is 0.495 e. The van der Waals surface area contributed by atoms with Crippen molar-refractivity contribution in [2.24, 2.45) is 0 Å². The van der Waals surface area contributed by atoms with Crippen LogP contribution in [0.1, 0.15) is 32.3 Å². The Hall–Kier alpha value is -2.00. The molecule has 0 spiro atoms. The summed E-state index contributed by atoms with van der Waals surface area (Å²) in [5.41, 5.74) is 0.761. The predicted molar refractivity (Wildman–Crippen MR) is 143 cm³/mol. The Morgan fingerprint density at radius 1 is 0.778 bits per heavy atom. The number of β-lactam (4-membered cyclic amide) rings is 1. The first kappa shape index (κ1) is 25.6. The molecule has 2 aliphatic heterocycles. The minimum atomic E-state index is -1.18. The molecular weight excluding hydrogens is 637 g/mol. The number of rotatable bonds is 4. The van der Waals surface area contributed by atoms with Crippen molar-refractivity contribution < 1.29 is 19.1 Å². The van der Waals surface area contributed by atoms with E-state index in [1.807, 2.05) is 6.07 Å². The number of imide groups is 1. The normalized spacial score (nSPS) is 19.0. The molecule has 184 valence electrons. The van der Waals surface area contributed by atoms with Crippen LogP contribution in [0.5, 0.6) is 5.75 Å². The summed E-state index contributed by atoms with van der Waals surface area (Å²) >= 11 is 34.6. The third kappa shape index (κ3) is 3.71. The number of hydrogen-bond donors (Lipinski definition) is 0. The van der Waals surface area contributed by atoms with E-state index in [4.69, 9.17) is 62.7 Å². The van der Waals surface area contributed by atoms with Crippen LogP contribution < -0.4 is 9.64 Å². The molecule has 3 aromatic rings. The van der Waals surface area contributed by atoms with E-state index in [1.54, 1.807) is 36.4 Å². The Bertz CT molecular complexity index is 1450. The lowest BCUT2D eigenvalue weighted by Gasteiger charge is -2.49. The average molecular weight is 650 g/mol. The second-order valence-corrected chi connectivity index (χ2v) is 10.8. The van der Waals surface area contributed by atoms with E-state index in [0.29, 0.717) is 22.0 Å². The minimum absolute atomic E-state index is 0.150. The molecule has 3 aromatic carbocycles. The summed E-state index contributed by atoms with van der Waals surface area (Å²) < 4.78 is 5.96. The number of amides is 3. The highest BCUT2D eigenvalue weighted by Gasteiger charge is 2.58. The molecule has 36 heavy (non-hydrogen) atoms. The van der Waals surface area contributed by atoms with E-state index in [0.717, 1.165) is 9.37 Å². The molecule has 6 nitrogen and oxygen atoms in total. The highest BCUT2D eigenvalue weighted by molar-refractivity contribution is 9.10. The summed E-state index contributed by atoms with van der Waals surface area (Å²) in [5.74, 6) is -1.64. The van der Waals surface area contributed by atoms with Crippen molar-refractivity contribution in [3.8, 4) is 5.75 Å². The topological polar surface area (TPSA) is 66.9 Å². The Morgan fingerprint density at radius 3 is 1.92 bits per heavy atom. The molecule has 3 amide bonds. The Kier molecular flexibility index (Phi) is 6.69. The summed E-state index contributed by atoms with van der Waals surface area (Å²) in [5, 5.41) is -0.410. The number of benzene rings is 3. The summed E-state index contributed by atoms with van der Waals surface area (Å²) in [6.45, 7) is 0. The van der Waals surface area contributed by atoms with Gasteiger partial charge in [-0.05, 0) is 35.9 Å². The fraction of sp³-hybridized carbons (Fsp3) is 0.125. The molecule has 0 aliphatic carbocycles. The maximum Gasteiger partial charge on any atom is 0.264 e. The quantitative estimate of drug-likeness (QED) is 0.127. The van der Waals surface area contributed by atoms with Crippen LogP contribution in [0, 0.1) is 0 Å². The lowest BCUT2D eigenvalue weighted by atomic mass is 9.86. The molecule has 2 aliphatic rings. The second-order valence-electron chi connectivity index (χ2n) is 7.96. The van der Waals surface area contributed by atoms with Gasteiger partial charge >= 0.3 is 0 Å². The third-order valence-electron chi connectivity index (χ3n) is 6.08. The maximum absolute atomic E-state index is 13.6. The zero-order valence-electron chi connectivity index (χ0n) is 18.0. The minimum Gasteiger partial charge on any atom is -0.495 e. The number of carbonyl (C=O) groups is 3. The van der Waals surface area contributed by atoms with E-state index < -0.39 is 29.8 Å². The van der Waals surface area contributed by atoms with Gasteiger partial charge in [-0.25, -0.2) is 0 Å². The summed E-state index contributed by atoms with van der Waals surface area (Å²) in [7, 11) is 1.48. The Labute approximate surface area is 238 Å². The van der Waals surface area contributed by atoms with Crippen molar-refractivity contribution in [3.05, 3.63) is 88.7 Å². The molecule has 1 fully saturated rings. The van der Waals surface area contributed by atoms with Crippen molar-refractivity contribution in [1.29, 1.82) is 0 Å². The molecule has 0 saturated carbocycles. The lowest BCUT2D eigenvalue weighted by Crippen LogP contribution is -2.67. The van der Waals surface area contributed by atoms with Gasteiger partial charge < -0.3 is 9.64 Å². The molecular formula is C24H12BrCl5N2O4. The molecule has 0 bridgehead atoms. The molecule has 2 atom stereocenters. The first-order valence-electron chi connectivity index (χ1n) is 10.2. The van der Waals surface area contributed by atoms with Crippen LogP contribution in [0.25, 0.3) is 0 Å². The van der Waals surface area contributed by atoms with E-state index in [-0.39, 0.29) is 31.2 Å². The lowest BCUT2D eigenvalue weighted by molar-refractivity contribution is -0.130. The highest BCUT2D eigenvalue weighted by atomic mass is 79.9. The van der Waals surface area contributed by atoms with Gasteiger partial charge in [0.05, 0.1) is 49.4 Å². The number of halogens is 6. The van der Waals surface area contributed by atoms with Crippen molar-refractivity contribution in [2.45, 2.75) is 12.1 Å². The fourth-order valence-corrected chi connectivity index (χ4v) is 6.14. The van der Waals surface area contributed by atoms with Gasteiger partial charge in [-0.2, -0.15) is 0 Å². The highest BCUT2D eigenvalue weighted by Crippen LogP contribution is 2.49.